The molecule has 0 atom stereocenters. The van der Waals surface area contributed by atoms with Crippen molar-refractivity contribution in [3.8, 4) is 0 Å². The van der Waals surface area contributed by atoms with Gasteiger partial charge in [-0.3, -0.25) is 0 Å². The molecule has 2 aliphatic rings. The first-order chi connectivity index (χ1) is 8.86. The van der Waals surface area contributed by atoms with Crippen LogP contribution in [0.15, 0.2) is 0 Å². The molecule has 2 aliphatic carbocycles. The van der Waals surface area contributed by atoms with Crippen molar-refractivity contribution in [2.24, 2.45) is 11.8 Å². The second-order valence-corrected chi connectivity index (χ2v) is 8.12. The Balaban J connectivity index is 2.04. The minimum Gasteiger partial charge on any atom is -0.397 e. The second-order valence-electron chi connectivity index (χ2n) is 5.95. The highest BCUT2D eigenvalue weighted by Crippen LogP contribution is 2.47. The average molecular weight is 270 g/mol. The zero-order valence-corrected chi connectivity index (χ0v) is 13.4. The Morgan fingerprint density at radius 2 is 1.22 bits per heavy atom. The maximum absolute atomic E-state index is 6.09. The van der Waals surface area contributed by atoms with Gasteiger partial charge in [0.2, 0.25) is 0 Å². The Kier molecular flexibility index (Phi) is 6.19. The van der Waals surface area contributed by atoms with E-state index in [4.69, 9.17) is 8.85 Å². The third kappa shape index (κ3) is 3.58. The van der Waals surface area contributed by atoms with Crippen molar-refractivity contribution in [3.63, 3.8) is 0 Å². The maximum Gasteiger partial charge on any atom is 0.325 e. The minimum atomic E-state index is -1.46. The smallest absolute Gasteiger partial charge is 0.325 e. The molecule has 0 aliphatic heterocycles. The molecule has 0 N–H and O–H groups in total. The predicted molar refractivity (Wildman–Crippen MR) is 78.1 cm³/mol. The first kappa shape index (κ1) is 14.5. The number of rotatable bonds is 7. The van der Waals surface area contributed by atoms with Crippen LogP contribution in [0.4, 0.5) is 0 Å². The summed E-state index contributed by atoms with van der Waals surface area (Å²) in [4.78, 5) is 0. The van der Waals surface area contributed by atoms with Gasteiger partial charge in [0.15, 0.2) is 0 Å². The molecular weight excluding hydrogens is 240 g/mol. The lowest BCUT2D eigenvalue weighted by Gasteiger charge is -2.34. The van der Waals surface area contributed by atoms with E-state index in [0.29, 0.717) is 0 Å². The molecule has 2 saturated carbocycles. The molecule has 0 aromatic carbocycles. The van der Waals surface area contributed by atoms with Crippen molar-refractivity contribution in [3.05, 3.63) is 0 Å². The van der Waals surface area contributed by atoms with Gasteiger partial charge >= 0.3 is 9.28 Å². The van der Waals surface area contributed by atoms with Crippen LogP contribution < -0.4 is 0 Å². The molecule has 0 heterocycles. The van der Waals surface area contributed by atoms with Crippen molar-refractivity contribution in [1.29, 1.82) is 0 Å². The SMILES string of the molecule is CCO[SiH](OCC)C(C1CCCC1)C1CCCC1. The summed E-state index contributed by atoms with van der Waals surface area (Å²) in [6.45, 7) is 5.93. The van der Waals surface area contributed by atoms with E-state index in [2.05, 4.69) is 13.8 Å². The fourth-order valence-corrected chi connectivity index (χ4v) is 6.97. The van der Waals surface area contributed by atoms with Gasteiger partial charge in [-0.2, -0.15) is 0 Å². The topological polar surface area (TPSA) is 18.5 Å². The van der Waals surface area contributed by atoms with Crippen LogP contribution in [0, 0.1) is 11.8 Å². The zero-order chi connectivity index (χ0) is 12.8. The van der Waals surface area contributed by atoms with Crippen LogP contribution in [0.3, 0.4) is 0 Å². The molecule has 0 aromatic rings. The van der Waals surface area contributed by atoms with E-state index in [1.165, 1.54) is 51.4 Å². The first-order valence-electron chi connectivity index (χ1n) is 8.10. The van der Waals surface area contributed by atoms with Crippen LogP contribution in [-0.4, -0.2) is 22.5 Å². The van der Waals surface area contributed by atoms with Crippen LogP contribution in [-0.2, 0) is 8.85 Å². The molecule has 0 saturated heterocycles. The van der Waals surface area contributed by atoms with Crippen molar-refractivity contribution in [2.45, 2.75) is 70.8 Å². The van der Waals surface area contributed by atoms with Gasteiger partial charge in [-0.05, 0) is 25.7 Å². The molecule has 0 radical (unpaired) electrons. The van der Waals surface area contributed by atoms with Crippen molar-refractivity contribution >= 4 is 9.28 Å². The molecule has 0 aromatic heterocycles. The second kappa shape index (κ2) is 7.66. The van der Waals surface area contributed by atoms with E-state index in [1.54, 1.807) is 0 Å². The molecule has 0 spiro atoms. The Morgan fingerprint density at radius 3 is 1.56 bits per heavy atom. The standard InChI is InChI=1S/C15H30O2Si/c1-3-16-18(17-4-2)15(13-9-5-6-10-13)14-11-7-8-12-14/h13-15,18H,3-12H2,1-2H3. The van der Waals surface area contributed by atoms with Gasteiger partial charge in [-0.1, -0.05) is 51.4 Å². The molecular formula is C15H30O2Si. The van der Waals surface area contributed by atoms with Crippen LogP contribution in [0.5, 0.6) is 0 Å². The van der Waals surface area contributed by atoms with E-state index < -0.39 is 9.28 Å². The van der Waals surface area contributed by atoms with Gasteiger partial charge in [0.05, 0.1) is 0 Å². The van der Waals surface area contributed by atoms with Gasteiger partial charge in [-0.25, -0.2) is 0 Å². The third-order valence-electron chi connectivity index (χ3n) is 4.86. The normalized spacial score (nSPS) is 22.7. The maximum atomic E-state index is 6.09. The number of hydrogen-bond acceptors (Lipinski definition) is 2. The van der Waals surface area contributed by atoms with Crippen LogP contribution >= 0.6 is 0 Å². The molecule has 0 bridgehead atoms. The lowest BCUT2D eigenvalue weighted by atomic mass is 9.91. The lowest BCUT2D eigenvalue weighted by molar-refractivity contribution is 0.177. The Hall–Kier alpha value is 0.137. The summed E-state index contributed by atoms with van der Waals surface area (Å²) >= 11 is 0. The third-order valence-corrected chi connectivity index (χ3v) is 7.91. The van der Waals surface area contributed by atoms with Crippen LogP contribution in [0.2, 0.25) is 5.54 Å². The summed E-state index contributed by atoms with van der Waals surface area (Å²) in [5.41, 5.74) is 0.801. The van der Waals surface area contributed by atoms with Gasteiger partial charge < -0.3 is 8.85 Å². The molecule has 2 fully saturated rings. The summed E-state index contributed by atoms with van der Waals surface area (Å²) in [6, 6.07) is 0. The highest BCUT2D eigenvalue weighted by molar-refractivity contribution is 6.46. The largest absolute Gasteiger partial charge is 0.397 e. The lowest BCUT2D eigenvalue weighted by Crippen LogP contribution is -2.36. The summed E-state index contributed by atoms with van der Waals surface area (Å²) < 4.78 is 12.2. The molecule has 106 valence electrons. The first-order valence-corrected chi connectivity index (χ1v) is 9.71. The van der Waals surface area contributed by atoms with Gasteiger partial charge in [-0.15, -0.1) is 0 Å². The molecule has 2 rings (SSSR count). The van der Waals surface area contributed by atoms with E-state index in [-0.39, 0.29) is 0 Å². The summed E-state index contributed by atoms with van der Waals surface area (Å²) in [7, 11) is -1.46. The van der Waals surface area contributed by atoms with Crippen molar-refractivity contribution in [2.75, 3.05) is 13.2 Å². The predicted octanol–water partition coefficient (Wildman–Crippen LogP) is 4.03. The van der Waals surface area contributed by atoms with Gasteiger partial charge in [0.1, 0.15) is 0 Å². The van der Waals surface area contributed by atoms with Gasteiger partial charge in [0.25, 0.3) is 0 Å². The van der Waals surface area contributed by atoms with Crippen LogP contribution in [0.25, 0.3) is 0 Å². The molecule has 0 unspecified atom stereocenters. The Labute approximate surface area is 114 Å². The fourth-order valence-electron chi connectivity index (χ4n) is 4.11. The highest BCUT2D eigenvalue weighted by atomic mass is 28.3. The summed E-state index contributed by atoms with van der Waals surface area (Å²) in [5, 5.41) is 0. The zero-order valence-electron chi connectivity index (χ0n) is 12.2. The summed E-state index contributed by atoms with van der Waals surface area (Å²) in [5.74, 6) is 1.84. The van der Waals surface area contributed by atoms with Crippen molar-refractivity contribution in [1.82, 2.24) is 0 Å². The van der Waals surface area contributed by atoms with E-state index >= 15 is 0 Å². The van der Waals surface area contributed by atoms with Crippen LogP contribution in [0.1, 0.15) is 65.2 Å². The molecule has 18 heavy (non-hydrogen) atoms. The average Bonchev–Trinajstić information content (AvgIpc) is 3.03. The van der Waals surface area contributed by atoms with Crippen molar-refractivity contribution < 1.29 is 8.85 Å². The number of hydrogen-bond donors (Lipinski definition) is 0. The molecule has 3 heteroatoms. The van der Waals surface area contributed by atoms with E-state index in [1.807, 2.05) is 0 Å². The minimum absolute atomic E-state index is 0.801. The van der Waals surface area contributed by atoms with E-state index in [9.17, 15) is 0 Å². The fraction of sp³-hybridized carbons (Fsp3) is 1.00. The summed E-state index contributed by atoms with van der Waals surface area (Å²) in [6.07, 6.45) is 11.5. The van der Waals surface area contributed by atoms with E-state index in [0.717, 1.165) is 30.6 Å². The quantitative estimate of drug-likeness (QED) is 0.650. The Morgan fingerprint density at radius 1 is 0.833 bits per heavy atom. The monoisotopic (exact) mass is 270 g/mol. The molecule has 2 nitrogen and oxygen atoms in total. The van der Waals surface area contributed by atoms with Gasteiger partial charge in [0, 0.05) is 18.8 Å². The Bertz CT molecular complexity index is 201. The molecule has 0 amide bonds. The highest BCUT2D eigenvalue weighted by Gasteiger charge is 2.40.